The minimum atomic E-state index is -0.955. The summed E-state index contributed by atoms with van der Waals surface area (Å²) in [4.78, 5) is 13.0. The first-order valence-corrected chi connectivity index (χ1v) is 12.0. The molecule has 2 aliphatic rings. The third-order valence-electron chi connectivity index (χ3n) is 5.92. The number of Topliss-reactive ketones (excluding diaryl/α,β-unsaturated/α-hetero) is 1. The highest BCUT2D eigenvalue weighted by Gasteiger charge is 2.61. The molecule has 3 unspecified atom stereocenters. The maximum Gasteiger partial charge on any atom is 0.168 e. The number of carbonyl (C=O) groups excluding carboxylic acids is 1. The number of ether oxygens (including phenoxy) is 2. The molecule has 3 atom stereocenters. The van der Waals surface area contributed by atoms with Crippen LogP contribution in [-0.2, 0) is 24.3 Å². The average Bonchev–Trinajstić information content (AvgIpc) is 3.17. The minimum absolute atomic E-state index is 0.100. The lowest BCUT2D eigenvalue weighted by Gasteiger charge is -2.44. The number of carbonyl (C=O) groups is 1. The van der Waals surface area contributed by atoms with Crippen LogP contribution in [0.25, 0.3) is 0 Å². The van der Waals surface area contributed by atoms with E-state index in [4.69, 9.17) is 13.9 Å². The van der Waals surface area contributed by atoms with Crippen LogP contribution in [0.3, 0.4) is 0 Å². The predicted molar refractivity (Wildman–Crippen MR) is 120 cm³/mol. The lowest BCUT2D eigenvalue weighted by molar-refractivity contribution is -0.169. The molecule has 2 aromatic carbocycles. The fraction of sp³-hybridized carbons (Fsp3) is 0.480. The highest BCUT2D eigenvalue weighted by Crippen LogP contribution is 2.52. The smallest absolute Gasteiger partial charge is 0.168 e. The Labute approximate surface area is 181 Å². The Morgan fingerprint density at radius 2 is 1.47 bits per heavy atom. The van der Waals surface area contributed by atoms with Crippen molar-refractivity contribution in [2.24, 2.45) is 5.92 Å². The largest absolute Gasteiger partial charge is 0.410 e. The van der Waals surface area contributed by atoms with Gasteiger partial charge in [0.2, 0.25) is 0 Å². The van der Waals surface area contributed by atoms with Crippen LogP contribution in [0.1, 0.15) is 52.2 Å². The summed E-state index contributed by atoms with van der Waals surface area (Å²) in [7, 11) is -0.955. The molecule has 2 aromatic rings. The van der Waals surface area contributed by atoms with E-state index < -0.39 is 27.3 Å². The number of benzene rings is 2. The first kappa shape index (κ1) is 21.4. The molecule has 30 heavy (non-hydrogen) atoms. The Kier molecular flexibility index (Phi) is 5.52. The Hall–Kier alpha value is -1.79. The third-order valence-corrected chi connectivity index (χ3v) is 7.39. The van der Waals surface area contributed by atoms with Gasteiger partial charge in [-0.3, -0.25) is 4.79 Å². The molecule has 1 heterocycles. The Morgan fingerprint density at radius 1 is 0.933 bits per heavy atom. The molecule has 1 saturated heterocycles. The van der Waals surface area contributed by atoms with E-state index in [1.807, 2.05) is 50.2 Å². The van der Waals surface area contributed by atoms with Gasteiger partial charge in [-0.25, -0.2) is 0 Å². The van der Waals surface area contributed by atoms with Gasteiger partial charge in [-0.15, -0.1) is 0 Å². The summed E-state index contributed by atoms with van der Waals surface area (Å²) >= 11 is 0. The van der Waals surface area contributed by atoms with E-state index in [-0.39, 0.29) is 22.8 Å². The number of fused-ring (bicyclic) bond motifs is 1. The van der Waals surface area contributed by atoms with Crippen molar-refractivity contribution < 1.29 is 18.7 Å². The average molecular weight is 425 g/mol. The van der Waals surface area contributed by atoms with Crippen LogP contribution in [0.5, 0.6) is 0 Å². The van der Waals surface area contributed by atoms with Gasteiger partial charge >= 0.3 is 0 Å². The second-order valence-electron chi connectivity index (χ2n) is 10.1. The first-order valence-electron chi connectivity index (χ1n) is 10.8. The van der Waals surface area contributed by atoms with Gasteiger partial charge < -0.3 is 13.9 Å². The van der Waals surface area contributed by atoms with Crippen molar-refractivity contribution in [3.05, 3.63) is 71.8 Å². The van der Waals surface area contributed by atoms with Crippen molar-refractivity contribution >= 4 is 15.5 Å². The zero-order valence-corrected chi connectivity index (χ0v) is 20.0. The molecule has 1 saturated carbocycles. The van der Waals surface area contributed by atoms with Gasteiger partial charge in [-0.05, 0) is 30.0 Å². The summed E-state index contributed by atoms with van der Waals surface area (Å²) in [5, 5.41) is 0.100. The van der Waals surface area contributed by atoms with Crippen LogP contribution in [0.4, 0.5) is 0 Å². The molecule has 4 rings (SSSR count). The minimum Gasteiger partial charge on any atom is -0.410 e. The summed E-state index contributed by atoms with van der Waals surface area (Å²) in [5.74, 6) is -0.825. The van der Waals surface area contributed by atoms with E-state index >= 15 is 0 Å². The van der Waals surface area contributed by atoms with Crippen LogP contribution >= 0.6 is 0 Å². The van der Waals surface area contributed by atoms with Crippen LogP contribution in [-0.4, -0.2) is 33.5 Å². The zero-order valence-electron chi connectivity index (χ0n) is 18.6. The number of hydrogen-bond acceptors (Lipinski definition) is 4. The van der Waals surface area contributed by atoms with Gasteiger partial charge in [0.1, 0.15) is 17.8 Å². The van der Waals surface area contributed by atoms with Gasteiger partial charge in [-0.2, -0.15) is 0 Å². The molecular formula is C25H32O4Si. The van der Waals surface area contributed by atoms with Crippen molar-refractivity contribution in [1.29, 1.82) is 0 Å². The molecule has 0 amide bonds. The van der Waals surface area contributed by atoms with Crippen molar-refractivity contribution in [3.63, 3.8) is 0 Å². The first-order chi connectivity index (χ1) is 14.1. The maximum absolute atomic E-state index is 13.0. The predicted octanol–water partition coefficient (Wildman–Crippen LogP) is 4.36. The summed E-state index contributed by atoms with van der Waals surface area (Å²) in [5.41, 5.74) is 1.39. The van der Waals surface area contributed by atoms with Crippen LogP contribution < -0.4 is 0 Å². The fourth-order valence-corrected chi connectivity index (χ4v) is 5.93. The summed E-state index contributed by atoms with van der Waals surface area (Å²) in [6, 6.07) is 20.6. The van der Waals surface area contributed by atoms with Gasteiger partial charge in [-0.1, -0.05) is 81.4 Å². The highest BCUT2D eigenvalue weighted by atomic mass is 28.2. The molecule has 0 radical (unpaired) electrons. The Morgan fingerprint density at radius 3 is 1.97 bits per heavy atom. The molecule has 160 valence electrons. The van der Waals surface area contributed by atoms with E-state index in [0.717, 1.165) is 11.1 Å². The van der Waals surface area contributed by atoms with Crippen molar-refractivity contribution in [2.45, 2.75) is 69.7 Å². The van der Waals surface area contributed by atoms with Crippen molar-refractivity contribution in [3.8, 4) is 0 Å². The summed E-state index contributed by atoms with van der Waals surface area (Å²) in [6.07, 6.45) is -0.480. The van der Waals surface area contributed by atoms with Crippen molar-refractivity contribution in [1.82, 2.24) is 0 Å². The normalized spacial score (nSPS) is 26.4. The summed E-state index contributed by atoms with van der Waals surface area (Å²) < 4.78 is 19.4. The van der Waals surface area contributed by atoms with Crippen molar-refractivity contribution in [2.75, 3.05) is 0 Å². The quantitative estimate of drug-likeness (QED) is 0.669. The van der Waals surface area contributed by atoms with Gasteiger partial charge in [0.25, 0.3) is 0 Å². The molecule has 5 heteroatoms. The molecule has 2 fully saturated rings. The van der Waals surface area contributed by atoms with Crippen LogP contribution in [0, 0.1) is 5.92 Å². The summed E-state index contributed by atoms with van der Waals surface area (Å²) in [6.45, 7) is 10.4. The SMILES string of the molecule is CC1(C)OC2C(=O)CC(C(O[SiH2]C(C)(C)C)(c3ccccc3)c3ccccc3)C2O1. The topological polar surface area (TPSA) is 44.8 Å². The van der Waals surface area contributed by atoms with Gasteiger partial charge in [0, 0.05) is 12.3 Å². The lowest BCUT2D eigenvalue weighted by atomic mass is 9.74. The number of ketones is 1. The van der Waals surface area contributed by atoms with E-state index in [1.165, 1.54) is 0 Å². The second-order valence-corrected chi connectivity index (χ2v) is 12.8. The van der Waals surface area contributed by atoms with E-state index in [0.29, 0.717) is 6.42 Å². The highest BCUT2D eigenvalue weighted by molar-refractivity contribution is 6.32. The molecule has 0 spiro atoms. The van der Waals surface area contributed by atoms with E-state index in [2.05, 4.69) is 45.0 Å². The van der Waals surface area contributed by atoms with Gasteiger partial charge in [0.05, 0.1) is 0 Å². The molecular weight excluding hydrogens is 392 g/mol. The monoisotopic (exact) mass is 424 g/mol. The molecule has 1 aliphatic carbocycles. The Bertz CT molecular complexity index is 849. The van der Waals surface area contributed by atoms with Crippen LogP contribution in [0.2, 0.25) is 5.04 Å². The lowest BCUT2D eigenvalue weighted by Crippen LogP contribution is -2.46. The molecule has 0 bridgehead atoms. The number of rotatable bonds is 5. The number of hydrogen-bond donors (Lipinski definition) is 0. The van der Waals surface area contributed by atoms with Gasteiger partial charge in [0.15, 0.2) is 21.3 Å². The molecule has 1 aliphatic heterocycles. The fourth-order valence-electron chi connectivity index (χ4n) is 4.73. The maximum atomic E-state index is 13.0. The Balaban J connectivity index is 1.89. The van der Waals surface area contributed by atoms with E-state index in [1.54, 1.807) is 0 Å². The van der Waals surface area contributed by atoms with Crippen LogP contribution in [0.15, 0.2) is 60.7 Å². The molecule has 0 aromatic heterocycles. The third kappa shape index (κ3) is 3.92. The second kappa shape index (κ2) is 7.72. The van der Waals surface area contributed by atoms with E-state index in [9.17, 15) is 4.79 Å². The zero-order chi connectivity index (χ0) is 21.6. The molecule has 4 nitrogen and oxygen atoms in total. The molecule has 0 N–H and O–H groups in total. The standard InChI is InChI=1S/C25H32O4Si/c1-23(2,3)30-29-25(17-12-8-6-9-13-17,18-14-10-7-11-15-18)19-16-20(26)22-21(19)27-24(4,5)28-22/h6-15,19,21-22H,16,30H2,1-5H3.